The molecular formula is C36H30O12W. The second-order valence-electron chi connectivity index (χ2n) is 9.52. The Morgan fingerprint density at radius 2 is 0.408 bits per heavy atom. The molecule has 0 amide bonds. The van der Waals surface area contributed by atoms with Crippen molar-refractivity contribution in [2.75, 3.05) is 0 Å². The van der Waals surface area contributed by atoms with Crippen LogP contribution in [0.1, 0.15) is 38.5 Å². The number of carbonyl (C=O) groups excluding carboxylic acids is 6. The van der Waals surface area contributed by atoms with Crippen LogP contribution in [0.25, 0.3) is 0 Å². The minimum Gasteiger partial charge on any atom is -0.870 e. The molecule has 6 aliphatic rings. The van der Waals surface area contributed by atoms with Crippen LogP contribution in [0.3, 0.4) is 0 Å². The third kappa shape index (κ3) is 19.0. The van der Waals surface area contributed by atoms with Gasteiger partial charge in [-0.2, -0.15) is 0 Å². The molecule has 6 aliphatic carbocycles. The van der Waals surface area contributed by atoms with E-state index in [0.717, 1.165) is 0 Å². The summed E-state index contributed by atoms with van der Waals surface area (Å²) in [5.41, 5.74) is 0. The van der Waals surface area contributed by atoms with Crippen LogP contribution >= 0.6 is 0 Å². The number of ketones is 6. The largest absolute Gasteiger partial charge is 6.00 e. The average molecular weight is 838 g/mol. The van der Waals surface area contributed by atoms with Gasteiger partial charge < -0.3 is 30.6 Å². The predicted molar refractivity (Wildman–Crippen MR) is 161 cm³/mol. The van der Waals surface area contributed by atoms with Gasteiger partial charge in [0, 0.05) is 38.5 Å². The van der Waals surface area contributed by atoms with Crippen molar-refractivity contribution in [3.8, 4) is 0 Å². The molecule has 0 bridgehead atoms. The van der Waals surface area contributed by atoms with Gasteiger partial charge in [0.25, 0.3) is 0 Å². The van der Waals surface area contributed by atoms with Gasteiger partial charge in [-0.05, 0) is 0 Å². The predicted octanol–water partition coefficient (Wildman–Crippen LogP) is -1.44. The number of carbonyl (C=O) groups is 6. The molecule has 0 aromatic heterocycles. The van der Waals surface area contributed by atoms with E-state index in [9.17, 15) is 59.4 Å². The molecule has 0 aromatic rings. The van der Waals surface area contributed by atoms with Crippen LogP contribution in [-0.2, 0) is 49.8 Å². The van der Waals surface area contributed by atoms with Crippen molar-refractivity contribution in [2.45, 2.75) is 38.5 Å². The Kier molecular flexibility index (Phi) is 21.7. The van der Waals surface area contributed by atoms with Crippen molar-refractivity contribution in [1.82, 2.24) is 0 Å². The number of Topliss-reactive ketones (excluding diaryl/α,β-unsaturated/α-hetero) is 6. The van der Waals surface area contributed by atoms with Gasteiger partial charge in [0.05, 0.1) is 0 Å². The van der Waals surface area contributed by atoms with Gasteiger partial charge in [-0.1, -0.05) is 144 Å². The number of allylic oxidation sites excluding steroid dienone is 24. The van der Waals surface area contributed by atoms with Crippen molar-refractivity contribution in [3.05, 3.63) is 144 Å². The minimum absolute atomic E-state index is 0. The normalized spacial score (nSPS) is 18.1. The first kappa shape index (κ1) is 43.4. The molecule has 12 nitrogen and oxygen atoms in total. The van der Waals surface area contributed by atoms with E-state index in [1.165, 1.54) is 36.5 Å². The summed E-state index contributed by atoms with van der Waals surface area (Å²) in [6.45, 7) is 0. The molecule has 0 heterocycles. The van der Waals surface area contributed by atoms with Gasteiger partial charge in [-0.3, -0.25) is 28.8 Å². The van der Waals surface area contributed by atoms with Crippen LogP contribution in [0.15, 0.2) is 144 Å². The first-order valence-electron chi connectivity index (χ1n) is 14.3. The topological polar surface area (TPSA) is 241 Å². The first-order valence-corrected chi connectivity index (χ1v) is 14.3. The zero-order valence-electron chi connectivity index (χ0n) is 25.9. The van der Waals surface area contributed by atoms with Crippen LogP contribution in [0.2, 0.25) is 0 Å². The average Bonchev–Trinajstić information content (AvgIpc) is 3.07. The zero-order chi connectivity index (χ0) is 35.9. The first-order chi connectivity index (χ1) is 22.8. The van der Waals surface area contributed by atoms with Gasteiger partial charge in [0.15, 0.2) is 34.7 Å². The van der Waals surface area contributed by atoms with Gasteiger partial charge in [-0.15, -0.1) is 0 Å². The Morgan fingerprint density at radius 3 is 0.469 bits per heavy atom. The molecule has 0 fully saturated rings. The van der Waals surface area contributed by atoms with Crippen LogP contribution in [0, 0.1) is 0 Å². The fourth-order valence-electron chi connectivity index (χ4n) is 3.14. The summed E-state index contributed by atoms with van der Waals surface area (Å²) in [6, 6.07) is 0. The molecule has 0 N–H and O–H groups in total. The van der Waals surface area contributed by atoms with Crippen LogP contribution < -0.4 is 30.6 Å². The molecule has 0 atom stereocenters. The van der Waals surface area contributed by atoms with Gasteiger partial charge in [0.1, 0.15) is 0 Å². The maximum atomic E-state index is 10.4. The van der Waals surface area contributed by atoms with E-state index in [-0.39, 0.29) is 129 Å². The van der Waals surface area contributed by atoms with Crippen molar-refractivity contribution in [2.24, 2.45) is 0 Å². The summed E-state index contributed by atoms with van der Waals surface area (Å²) < 4.78 is 0. The summed E-state index contributed by atoms with van der Waals surface area (Å²) in [6.07, 6.45) is 29.0. The molecule has 0 aromatic carbocycles. The molecule has 0 aliphatic heterocycles. The van der Waals surface area contributed by atoms with E-state index in [0.29, 0.717) is 0 Å². The zero-order valence-corrected chi connectivity index (χ0v) is 28.9. The van der Waals surface area contributed by atoms with E-state index in [1.807, 2.05) is 0 Å². The van der Waals surface area contributed by atoms with Crippen LogP contribution in [0.4, 0.5) is 0 Å². The maximum absolute atomic E-state index is 10.4. The Balaban J connectivity index is 0.000000562. The van der Waals surface area contributed by atoms with Crippen molar-refractivity contribution < 1.29 is 80.5 Å². The molecule has 49 heavy (non-hydrogen) atoms. The summed E-state index contributed by atoms with van der Waals surface area (Å²) in [5, 5.41) is 62.0. The maximum Gasteiger partial charge on any atom is 6.00 e. The van der Waals surface area contributed by atoms with E-state index < -0.39 is 0 Å². The van der Waals surface area contributed by atoms with Gasteiger partial charge >= 0.3 is 21.1 Å². The summed E-state index contributed by atoms with van der Waals surface area (Å²) in [4.78, 5) is 62.2. The molecule has 0 unspecified atom stereocenters. The second-order valence-corrected chi connectivity index (χ2v) is 9.52. The molecule has 0 saturated heterocycles. The van der Waals surface area contributed by atoms with Crippen molar-refractivity contribution in [3.63, 3.8) is 0 Å². The van der Waals surface area contributed by atoms with Crippen LogP contribution in [0.5, 0.6) is 0 Å². The van der Waals surface area contributed by atoms with Gasteiger partial charge in [0.2, 0.25) is 0 Å². The standard InChI is InChI=1S/6C6H6O2.W/c6*7-5-3-1-2-4-6(5)8;/h6*1-3,7H,4H2;/q;;;;;;+6/p-6. The monoisotopic (exact) mass is 838 g/mol. The Bertz CT molecular complexity index is 1310. The molecular weight excluding hydrogens is 808 g/mol. The molecule has 0 radical (unpaired) electrons. The Hall–Kier alpha value is -5.61. The molecule has 6 rings (SSSR count). The number of rotatable bonds is 0. The summed E-state index contributed by atoms with van der Waals surface area (Å²) >= 11 is 0. The molecule has 13 heteroatoms. The third-order valence-electron chi connectivity index (χ3n) is 5.77. The smallest absolute Gasteiger partial charge is 0.870 e. The third-order valence-corrected chi connectivity index (χ3v) is 5.77. The summed E-state index contributed by atoms with van der Waals surface area (Å²) in [5.74, 6) is -4.17. The Labute approximate surface area is 296 Å². The number of hydrogen-bond acceptors (Lipinski definition) is 12. The second kappa shape index (κ2) is 24.5. The quantitative estimate of drug-likeness (QED) is 0.273. The Morgan fingerprint density at radius 1 is 0.286 bits per heavy atom. The fourth-order valence-corrected chi connectivity index (χ4v) is 3.14. The number of hydrogen-bond donors (Lipinski definition) is 0. The van der Waals surface area contributed by atoms with E-state index in [1.54, 1.807) is 72.9 Å². The molecule has 252 valence electrons. The van der Waals surface area contributed by atoms with E-state index in [2.05, 4.69) is 0 Å². The van der Waals surface area contributed by atoms with Crippen molar-refractivity contribution >= 4 is 34.7 Å². The molecule has 0 spiro atoms. The fraction of sp³-hybridized carbons (Fsp3) is 0.167. The SMILES string of the molecule is O=C1CC=CC=C1[O-].O=C1CC=CC=C1[O-].O=C1CC=CC=C1[O-].O=C1CC=CC=C1[O-].O=C1CC=CC=C1[O-].O=C1CC=CC=C1[O-].[W+6]. The summed E-state index contributed by atoms with van der Waals surface area (Å²) in [7, 11) is 0. The van der Waals surface area contributed by atoms with Crippen molar-refractivity contribution in [1.29, 1.82) is 0 Å². The van der Waals surface area contributed by atoms with E-state index >= 15 is 0 Å². The molecule has 0 saturated carbocycles. The van der Waals surface area contributed by atoms with E-state index in [4.69, 9.17) is 0 Å². The van der Waals surface area contributed by atoms with Crippen LogP contribution in [-0.4, -0.2) is 34.7 Å². The minimum atomic E-state index is -0.382. The van der Waals surface area contributed by atoms with Gasteiger partial charge in [-0.25, -0.2) is 0 Å².